The minimum Gasteiger partial charge on any atom is -0.395 e. The Kier molecular flexibility index (Phi) is 13.0. The number of azo groups is 1. The highest BCUT2D eigenvalue weighted by atomic mass is 33.1. The number of aromatic nitrogens is 1. The third-order valence-electron chi connectivity index (χ3n) is 5.59. The van der Waals surface area contributed by atoms with Crippen LogP contribution in [-0.2, 0) is 16.1 Å². The number of benzene rings is 2. The molecular formula is C27H35N6O4S2+. The van der Waals surface area contributed by atoms with Gasteiger partial charge in [0.25, 0.3) is 5.91 Å². The first-order valence-corrected chi connectivity index (χ1v) is 15.2. The molecule has 10 nitrogen and oxygen atoms in total. The fourth-order valence-electron chi connectivity index (χ4n) is 3.77. The van der Waals surface area contributed by atoms with Crippen molar-refractivity contribution in [3.63, 3.8) is 0 Å². The summed E-state index contributed by atoms with van der Waals surface area (Å²) in [5.41, 5.74) is 2.40. The van der Waals surface area contributed by atoms with E-state index in [9.17, 15) is 19.8 Å². The van der Waals surface area contributed by atoms with Gasteiger partial charge < -0.3 is 25.7 Å². The maximum Gasteiger partial charge on any atom is 0.351 e. The van der Waals surface area contributed by atoms with Crippen molar-refractivity contribution in [2.24, 2.45) is 10.2 Å². The first-order valence-electron chi connectivity index (χ1n) is 12.7. The highest BCUT2D eigenvalue weighted by Crippen LogP contribution is 2.23. The highest BCUT2D eigenvalue weighted by Gasteiger charge is 2.18. The van der Waals surface area contributed by atoms with Crippen LogP contribution < -0.4 is 20.1 Å². The molecular weight excluding hydrogens is 536 g/mol. The maximum absolute atomic E-state index is 12.8. The zero-order valence-electron chi connectivity index (χ0n) is 22.0. The number of nitrogens with zero attached hydrogens (tertiary/aromatic N) is 4. The van der Waals surface area contributed by atoms with Gasteiger partial charge in [-0.2, -0.15) is 0 Å². The Morgan fingerprint density at radius 3 is 2.21 bits per heavy atom. The van der Waals surface area contributed by atoms with E-state index in [1.165, 1.54) is 6.92 Å². The largest absolute Gasteiger partial charge is 0.395 e. The molecule has 208 valence electrons. The number of rotatable bonds is 16. The summed E-state index contributed by atoms with van der Waals surface area (Å²) in [6.45, 7) is 3.61. The first-order chi connectivity index (χ1) is 19.0. The second-order valence-corrected chi connectivity index (χ2v) is 11.2. The van der Waals surface area contributed by atoms with Gasteiger partial charge in [0.1, 0.15) is 11.2 Å². The van der Waals surface area contributed by atoms with Crippen molar-refractivity contribution in [1.82, 2.24) is 10.6 Å². The van der Waals surface area contributed by atoms with Gasteiger partial charge in [-0.15, -0.1) is 0 Å². The number of anilines is 1. The lowest BCUT2D eigenvalue weighted by Crippen LogP contribution is -2.44. The summed E-state index contributed by atoms with van der Waals surface area (Å²) in [7, 11) is 3.31. The number of hydrogen-bond acceptors (Lipinski definition) is 9. The van der Waals surface area contributed by atoms with Gasteiger partial charge in [0.2, 0.25) is 5.91 Å². The number of fused-ring (bicyclic) bond motifs is 1. The van der Waals surface area contributed by atoms with Crippen LogP contribution in [0.2, 0.25) is 0 Å². The van der Waals surface area contributed by atoms with Crippen LogP contribution in [0.25, 0.3) is 10.9 Å². The van der Waals surface area contributed by atoms with Gasteiger partial charge in [0, 0.05) is 61.7 Å². The van der Waals surface area contributed by atoms with Gasteiger partial charge in [0.15, 0.2) is 6.54 Å². The molecule has 1 heterocycles. The number of para-hydroxylation sites is 1. The molecule has 0 bridgehead atoms. The minimum atomic E-state index is -0.117. The summed E-state index contributed by atoms with van der Waals surface area (Å²) in [5.74, 6) is 1.97. The summed E-state index contributed by atoms with van der Waals surface area (Å²) < 4.78 is 1.85. The van der Waals surface area contributed by atoms with Gasteiger partial charge in [0.05, 0.1) is 18.3 Å². The normalized spacial score (nSPS) is 11.2. The summed E-state index contributed by atoms with van der Waals surface area (Å²) >= 11 is 0. The number of pyridine rings is 1. The quantitative estimate of drug-likeness (QED) is 0.0900. The van der Waals surface area contributed by atoms with Crippen molar-refractivity contribution >= 4 is 61.5 Å². The Hall–Kier alpha value is -3.19. The fraction of sp³-hybridized carbons (Fsp3) is 0.370. The van der Waals surface area contributed by atoms with Gasteiger partial charge in [-0.1, -0.05) is 39.8 Å². The number of hydrogen-bond donors (Lipinski definition) is 4. The van der Waals surface area contributed by atoms with E-state index in [-0.39, 0.29) is 31.6 Å². The number of carbonyl (C=O) groups excluding carboxylic acids is 2. The van der Waals surface area contributed by atoms with Crippen LogP contribution in [0.4, 0.5) is 17.2 Å². The van der Waals surface area contributed by atoms with Gasteiger partial charge in [-0.3, -0.25) is 9.59 Å². The molecule has 1 aromatic heterocycles. The minimum absolute atomic E-state index is 0.00522. The Labute approximate surface area is 236 Å². The number of aliphatic hydroxyl groups is 2. The molecule has 0 atom stereocenters. The average Bonchev–Trinajstić information content (AvgIpc) is 2.94. The Morgan fingerprint density at radius 2 is 1.54 bits per heavy atom. The van der Waals surface area contributed by atoms with E-state index in [4.69, 9.17) is 0 Å². The predicted octanol–water partition coefficient (Wildman–Crippen LogP) is 2.97. The molecule has 0 saturated heterocycles. The second kappa shape index (κ2) is 16.7. The monoisotopic (exact) mass is 571 g/mol. The van der Waals surface area contributed by atoms with Crippen LogP contribution in [0.5, 0.6) is 0 Å². The molecule has 0 aliphatic carbocycles. The number of nitrogens with one attached hydrogen (secondary N) is 2. The molecule has 3 rings (SSSR count). The number of aliphatic hydroxyl groups excluding tert-OH is 2. The molecule has 0 aliphatic rings. The third kappa shape index (κ3) is 10.1. The van der Waals surface area contributed by atoms with E-state index in [0.717, 1.165) is 28.1 Å². The van der Waals surface area contributed by atoms with E-state index in [1.807, 2.05) is 70.1 Å². The molecule has 3 aromatic rings. The molecule has 39 heavy (non-hydrogen) atoms. The SMILES string of the molecule is CC(=O)NCCSSCCNC(=O)C[n+]1c(N=Nc2ccc(N(CCO)CCO)cc2)ccc2ccccc21. The first kappa shape index (κ1) is 30.4. The van der Waals surface area contributed by atoms with E-state index >= 15 is 0 Å². The van der Waals surface area contributed by atoms with Crippen molar-refractivity contribution in [2.45, 2.75) is 13.5 Å². The molecule has 0 aliphatic heterocycles. The maximum atomic E-state index is 12.8. The molecule has 2 aromatic carbocycles. The summed E-state index contributed by atoms with van der Waals surface area (Å²) in [4.78, 5) is 25.6. The highest BCUT2D eigenvalue weighted by molar-refractivity contribution is 8.76. The summed E-state index contributed by atoms with van der Waals surface area (Å²) in [6, 6.07) is 19.0. The molecule has 0 saturated carbocycles. The van der Waals surface area contributed by atoms with Crippen molar-refractivity contribution in [2.75, 3.05) is 55.8 Å². The molecule has 0 unspecified atom stereocenters. The van der Waals surface area contributed by atoms with Crippen LogP contribution in [0.15, 0.2) is 70.9 Å². The molecule has 2 amide bonds. The summed E-state index contributed by atoms with van der Waals surface area (Å²) in [6.07, 6.45) is 0. The van der Waals surface area contributed by atoms with Crippen molar-refractivity contribution in [3.8, 4) is 0 Å². The molecule has 12 heteroatoms. The Bertz CT molecular complexity index is 1240. The Morgan fingerprint density at radius 1 is 0.872 bits per heavy atom. The molecule has 4 N–H and O–H groups in total. The van der Waals surface area contributed by atoms with Crippen molar-refractivity contribution in [1.29, 1.82) is 0 Å². The number of carbonyl (C=O) groups is 2. The van der Waals surface area contributed by atoms with Crippen LogP contribution >= 0.6 is 21.6 Å². The molecule has 0 radical (unpaired) electrons. The second-order valence-electron chi connectivity index (χ2n) is 8.46. The predicted molar refractivity (Wildman–Crippen MR) is 158 cm³/mol. The van der Waals surface area contributed by atoms with E-state index in [1.54, 1.807) is 21.6 Å². The van der Waals surface area contributed by atoms with E-state index in [2.05, 4.69) is 20.9 Å². The smallest absolute Gasteiger partial charge is 0.351 e. The standard InChI is InChI=1S/C27H34N6O4S2/c1-21(36)28-12-18-38-39-19-13-29-27(37)20-33-25-5-3-2-4-22(25)6-11-26(33)31-30-23-7-9-24(10-8-23)32(14-16-34)15-17-35/h2-11,34-35H,12-20H2,1H3,(H-,28,29,36,37)/p+1. The van der Waals surface area contributed by atoms with Gasteiger partial charge in [-0.25, -0.2) is 4.57 Å². The lowest BCUT2D eigenvalue weighted by atomic mass is 10.2. The Balaban J connectivity index is 1.64. The van der Waals surface area contributed by atoms with Crippen molar-refractivity contribution in [3.05, 3.63) is 60.7 Å². The summed E-state index contributed by atoms with van der Waals surface area (Å²) in [5, 5.41) is 34.1. The molecule has 0 fully saturated rings. The van der Waals surface area contributed by atoms with Crippen LogP contribution in [-0.4, -0.2) is 72.9 Å². The van der Waals surface area contributed by atoms with Crippen molar-refractivity contribution < 1.29 is 24.4 Å². The van der Waals surface area contributed by atoms with Gasteiger partial charge >= 0.3 is 5.82 Å². The van der Waals surface area contributed by atoms with Crippen LogP contribution in [0.3, 0.4) is 0 Å². The van der Waals surface area contributed by atoms with E-state index < -0.39 is 0 Å². The zero-order valence-corrected chi connectivity index (χ0v) is 23.6. The van der Waals surface area contributed by atoms with Crippen LogP contribution in [0, 0.1) is 0 Å². The zero-order chi connectivity index (χ0) is 27.9. The van der Waals surface area contributed by atoms with Crippen LogP contribution in [0.1, 0.15) is 6.92 Å². The lowest BCUT2D eigenvalue weighted by Gasteiger charge is -2.22. The lowest BCUT2D eigenvalue weighted by molar-refractivity contribution is -0.645. The third-order valence-corrected chi connectivity index (χ3v) is 8.00. The number of amides is 2. The topological polar surface area (TPSA) is 130 Å². The van der Waals surface area contributed by atoms with E-state index in [0.29, 0.717) is 37.7 Å². The molecule has 0 spiro atoms. The fourth-order valence-corrected chi connectivity index (χ4v) is 5.59. The average molecular weight is 572 g/mol. The van der Waals surface area contributed by atoms with Gasteiger partial charge in [-0.05, 0) is 41.5 Å².